The van der Waals surface area contributed by atoms with Gasteiger partial charge in [0, 0.05) is 5.54 Å². The van der Waals surface area contributed by atoms with E-state index in [9.17, 15) is 0 Å². The zero-order chi connectivity index (χ0) is 21.6. The van der Waals surface area contributed by atoms with Crippen molar-refractivity contribution in [2.45, 2.75) is 174 Å². The van der Waals surface area contributed by atoms with Gasteiger partial charge in [-0.2, -0.15) is 0 Å². The molecule has 0 saturated heterocycles. The molecule has 0 fully saturated rings. The fourth-order valence-corrected chi connectivity index (χ4v) is 4.25. The van der Waals surface area contributed by atoms with Crippen molar-refractivity contribution in [1.29, 1.82) is 0 Å². The first-order valence-electron chi connectivity index (χ1n) is 13.8. The molecular formula is C28H59N. The molecule has 0 bridgehead atoms. The van der Waals surface area contributed by atoms with Gasteiger partial charge < -0.3 is 5.73 Å². The Morgan fingerprint density at radius 1 is 0.483 bits per heavy atom. The van der Waals surface area contributed by atoms with Crippen molar-refractivity contribution in [2.75, 3.05) is 0 Å². The van der Waals surface area contributed by atoms with E-state index in [1.54, 1.807) is 0 Å². The molecule has 1 unspecified atom stereocenters. The minimum absolute atomic E-state index is 0.00640. The second kappa shape index (κ2) is 21.2. The summed E-state index contributed by atoms with van der Waals surface area (Å²) in [5, 5.41) is 0. The Hall–Kier alpha value is -0.0400. The lowest BCUT2D eigenvalue weighted by molar-refractivity contribution is 0.316. The van der Waals surface area contributed by atoms with Gasteiger partial charge in [0.1, 0.15) is 0 Å². The van der Waals surface area contributed by atoms with E-state index in [1.807, 2.05) is 0 Å². The zero-order valence-corrected chi connectivity index (χ0v) is 21.2. The van der Waals surface area contributed by atoms with Gasteiger partial charge in [0.05, 0.1) is 0 Å². The van der Waals surface area contributed by atoms with Crippen molar-refractivity contribution in [3.8, 4) is 0 Å². The summed E-state index contributed by atoms with van der Waals surface area (Å²) in [7, 11) is 0. The molecule has 0 aliphatic heterocycles. The van der Waals surface area contributed by atoms with Crippen LogP contribution in [0.1, 0.15) is 169 Å². The number of nitrogens with two attached hydrogens (primary N) is 1. The van der Waals surface area contributed by atoms with Crippen LogP contribution in [0.3, 0.4) is 0 Å². The molecule has 0 aliphatic carbocycles. The van der Waals surface area contributed by atoms with Gasteiger partial charge in [-0.15, -0.1) is 0 Å². The highest BCUT2D eigenvalue weighted by Gasteiger charge is 2.19. The van der Waals surface area contributed by atoms with E-state index >= 15 is 0 Å². The Morgan fingerprint density at radius 3 is 0.966 bits per heavy atom. The van der Waals surface area contributed by atoms with E-state index in [0.29, 0.717) is 5.92 Å². The fraction of sp³-hybridized carbons (Fsp3) is 1.00. The molecule has 0 aromatic heterocycles. The monoisotopic (exact) mass is 409 g/mol. The lowest BCUT2D eigenvalue weighted by Gasteiger charge is -2.27. The molecular weight excluding hydrogens is 350 g/mol. The molecule has 176 valence electrons. The fourth-order valence-electron chi connectivity index (χ4n) is 4.25. The SMILES string of the molecule is CCCCCCCCCCCCCCCCCCCCCCCC(C)C(C)(C)N. The van der Waals surface area contributed by atoms with Crippen molar-refractivity contribution >= 4 is 0 Å². The summed E-state index contributed by atoms with van der Waals surface area (Å²) >= 11 is 0. The van der Waals surface area contributed by atoms with Crippen molar-refractivity contribution in [1.82, 2.24) is 0 Å². The van der Waals surface area contributed by atoms with E-state index in [0.717, 1.165) is 0 Å². The largest absolute Gasteiger partial charge is 0.325 e. The van der Waals surface area contributed by atoms with E-state index in [-0.39, 0.29) is 5.54 Å². The summed E-state index contributed by atoms with van der Waals surface area (Å²) in [5.41, 5.74) is 6.16. The summed E-state index contributed by atoms with van der Waals surface area (Å²) in [4.78, 5) is 0. The van der Waals surface area contributed by atoms with Gasteiger partial charge in [0.15, 0.2) is 0 Å². The molecule has 1 nitrogen and oxygen atoms in total. The van der Waals surface area contributed by atoms with Gasteiger partial charge in [-0.1, -0.05) is 149 Å². The van der Waals surface area contributed by atoms with Gasteiger partial charge >= 0.3 is 0 Å². The third kappa shape index (κ3) is 22.5. The Morgan fingerprint density at radius 2 is 0.724 bits per heavy atom. The van der Waals surface area contributed by atoms with E-state index in [1.165, 1.54) is 141 Å². The highest BCUT2D eigenvalue weighted by Crippen LogP contribution is 2.20. The molecule has 2 N–H and O–H groups in total. The zero-order valence-electron chi connectivity index (χ0n) is 21.2. The first kappa shape index (κ1) is 29.0. The van der Waals surface area contributed by atoms with Crippen LogP contribution in [-0.2, 0) is 0 Å². The van der Waals surface area contributed by atoms with Crippen LogP contribution in [0, 0.1) is 5.92 Å². The summed E-state index contributed by atoms with van der Waals surface area (Å²) < 4.78 is 0. The van der Waals surface area contributed by atoms with Crippen molar-refractivity contribution in [2.24, 2.45) is 11.7 Å². The lowest BCUT2D eigenvalue weighted by Crippen LogP contribution is -2.39. The summed E-state index contributed by atoms with van der Waals surface area (Å²) in [6, 6.07) is 0. The highest BCUT2D eigenvalue weighted by atomic mass is 14.7. The summed E-state index contributed by atoms with van der Waals surface area (Å²) in [5.74, 6) is 0.642. The quantitative estimate of drug-likeness (QED) is 0.167. The van der Waals surface area contributed by atoms with Crippen LogP contribution in [0.4, 0.5) is 0 Å². The maximum atomic E-state index is 6.17. The minimum Gasteiger partial charge on any atom is -0.325 e. The maximum absolute atomic E-state index is 6.17. The lowest BCUT2D eigenvalue weighted by atomic mass is 9.86. The van der Waals surface area contributed by atoms with Crippen LogP contribution >= 0.6 is 0 Å². The Kier molecular flexibility index (Phi) is 21.2. The van der Waals surface area contributed by atoms with Crippen molar-refractivity contribution in [3.63, 3.8) is 0 Å². The molecule has 0 aromatic carbocycles. The predicted molar refractivity (Wildman–Crippen MR) is 135 cm³/mol. The maximum Gasteiger partial charge on any atom is 0.0123 e. The Bertz CT molecular complexity index is 304. The molecule has 0 saturated carbocycles. The van der Waals surface area contributed by atoms with Crippen LogP contribution in [0.25, 0.3) is 0 Å². The molecule has 1 heteroatoms. The second-order valence-corrected chi connectivity index (χ2v) is 10.6. The second-order valence-electron chi connectivity index (χ2n) is 10.6. The molecule has 0 aliphatic rings. The summed E-state index contributed by atoms with van der Waals surface area (Å²) in [6.45, 7) is 8.93. The van der Waals surface area contributed by atoms with Crippen LogP contribution in [0.15, 0.2) is 0 Å². The summed E-state index contributed by atoms with van der Waals surface area (Å²) in [6.07, 6.45) is 31.9. The van der Waals surface area contributed by atoms with Gasteiger partial charge in [0.2, 0.25) is 0 Å². The molecule has 0 amide bonds. The molecule has 0 spiro atoms. The van der Waals surface area contributed by atoms with Gasteiger partial charge in [0.25, 0.3) is 0 Å². The third-order valence-corrected chi connectivity index (χ3v) is 7.01. The average Bonchev–Trinajstić information content (AvgIpc) is 2.68. The third-order valence-electron chi connectivity index (χ3n) is 7.01. The Labute approximate surface area is 186 Å². The first-order valence-corrected chi connectivity index (χ1v) is 13.8. The highest BCUT2D eigenvalue weighted by molar-refractivity contribution is 4.78. The number of unbranched alkanes of at least 4 members (excludes halogenated alkanes) is 20. The average molecular weight is 410 g/mol. The van der Waals surface area contributed by atoms with Crippen LogP contribution in [-0.4, -0.2) is 5.54 Å². The molecule has 0 rings (SSSR count). The van der Waals surface area contributed by atoms with E-state index in [2.05, 4.69) is 27.7 Å². The number of rotatable bonds is 23. The van der Waals surface area contributed by atoms with E-state index in [4.69, 9.17) is 5.73 Å². The van der Waals surface area contributed by atoms with Gasteiger partial charge in [-0.25, -0.2) is 0 Å². The first-order chi connectivity index (χ1) is 14.0. The van der Waals surface area contributed by atoms with Gasteiger partial charge in [-0.05, 0) is 26.2 Å². The molecule has 1 atom stereocenters. The van der Waals surface area contributed by atoms with Crippen LogP contribution < -0.4 is 5.73 Å². The molecule has 0 radical (unpaired) electrons. The Balaban J connectivity index is 3.09. The van der Waals surface area contributed by atoms with Gasteiger partial charge in [-0.3, -0.25) is 0 Å². The van der Waals surface area contributed by atoms with Crippen molar-refractivity contribution in [3.05, 3.63) is 0 Å². The van der Waals surface area contributed by atoms with Crippen LogP contribution in [0.5, 0.6) is 0 Å². The number of hydrogen-bond donors (Lipinski definition) is 1. The molecule has 29 heavy (non-hydrogen) atoms. The normalized spacial score (nSPS) is 13.1. The topological polar surface area (TPSA) is 26.0 Å². The van der Waals surface area contributed by atoms with Crippen LogP contribution in [0.2, 0.25) is 0 Å². The number of hydrogen-bond acceptors (Lipinski definition) is 1. The molecule has 0 heterocycles. The minimum atomic E-state index is -0.00640. The smallest absolute Gasteiger partial charge is 0.0123 e. The van der Waals surface area contributed by atoms with E-state index < -0.39 is 0 Å². The molecule has 0 aromatic rings. The van der Waals surface area contributed by atoms with Crippen molar-refractivity contribution < 1.29 is 0 Å². The predicted octanol–water partition coefficient (Wildman–Crippen LogP) is 9.96. The standard InChI is InChI=1S/C28H59N/c1-5-6-7-8-9-10-11-12-13-14-15-16-17-18-19-20-21-22-23-24-25-26-27(2)28(3,4)29/h27H,5-26,29H2,1-4H3.